The second kappa shape index (κ2) is 11.1. The van der Waals surface area contributed by atoms with E-state index in [9.17, 15) is 14.4 Å². The van der Waals surface area contributed by atoms with E-state index >= 15 is 0 Å². The van der Waals surface area contributed by atoms with Crippen LogP contribution in [0.1, 0.15) is 11.1 Å². The van der Waals surface area contributed by atoms with Gasteiger partial charge in [-0.3, -0.25) is 23.3 Å². The first-order valence-electron chi connectivity index (χ1n) is 11.6. The lowest BCUT2D eigenvalue weighted by molar-refractivity contribution is -0.123. The first-order chi connectivity index (χ1) is 19.1. The molecule has 4 aromatic rings. The highest BCUT2D eigenvalue weighted by atomic mass is 35.5. The van der Waals surface area contributed by atoms with E-state index in [0.29, 0.717) is 31.2 Å². The highest BCUT2D eigenvalue weighted by molar-refractivity contribution is 8.23. The number of rotatable bonds is 7. The molecule has 0 radical (unpaired) electrons. The lowest BCUT2D eigenvalue weighted by atomic mass is 10.2. The summed E-state index contributed by atoms with van der Waals surface area (Å²) in [6.45, 7) is 0.101. The third-order valence-electron chi connectivity index (χ3n) is 6.10. The topological polar surface area (TPSA) is 113 Å². The van der Waals surface area contributed by atoms with Crippen LogP contribution in [0.15, 0.2) is 51.1 Å². The van der Waals surface area contributed by atoms with E-state index in [1.807, 2.05) is 0 Å². The van der Waals surface area contributed by atoms with Crippen molar-refractivity contribution in [2.45, 2.75) is 6.54 Å². The fourth-order valence-corrected chi connectivity index (χ4v) is 5.44. The molecule has 2 aromatic carbocycles. The van der Waals surface area contributed by atoms with Gasteiger partial charge in [0.15, 0.2) is 27.0 Å². The van der Waals surface area contributed by atoms with Crippen molar-refractivity contribution in [1.82, 2.24) is 23.7 Å². The monoisotopic (exact) mass is 618 g/mol. The number of carbonyl (C=O) groups excluding carboxylic acids is 1. The van der Waals surface area contributed by atoms with E-state index < -0.39 is 11.2 Å². The zero-order valence-corrected chi connectivity index (χ0v) is 24.4. The van der Waals surface area contributed by atoms with Crippen LogP contribution in [0.5, 0.6) is 17.5 Å². The van der Waals surface area contributed by atoms with Gasteiger partial charge < -0.3 is 9.47 Å². The van der Waals surface area contributed by atoms with Crippen LogP contribution >= 0.6 is 47.2 Å². The number of imidazole rings is 1. The number of ether oxygens (including phenoxy) is 2. The molecule has 1 aliphatic heterocycles. The number of hydrogen-bond donors (Lipinski definition) is 0. The Morgan fingerprint density at radius 1 is 1.10 bits per heavy atom. The van der Waals surface area contributed by atoms with Gasteiger partial charge in [-0.25, -0.2) is 4.79 Å². The maximum atomic E-state index is 13.2. The Bertz CT molecular complexity index is 1830. The molecule has 1 saturated heterocycles. The molecule has 0 spiro atoms. The Hall–Kier alpha value is -3.65. The molecule has 0 saturated carbocycles. The van der Waals surface area contributed by atoms with Crippen LogP contribution in [0.25, 0.3) is 11.2 Å². The zero-order chi connectivity index (χ0) is 28.7. The van der Waals surface area contributed by atoms with Crippen LogP contribution < -0.4 is 20.7 Å². The van der Waals surface area contributed by atoms with E-state index in [4.69, 9.17) is 44.9 Å². The molecule has 0 N–H and O–H groups in total. The lowest BCUT2D eigenvalue weighted by Gasteiger charge is -2.13. The quantitative estimate of drug-likeness (QED) is 0.227. The summed E-state index contributed by atoms with van der Waals surface area (Å²) in [6.07, 6.45) is 1.49. The minimum atomic E-state index is -0.545. The molecule has 1 aliphatic rings. The summed E-state index contributed by atoms with van der Waals surface area (Å²) in [5, 5.41) is 6.20. The molecule has 1 amide bonds. The summed E-state index contributed by atoms with van der Waals surface area (Å²) < 4.78 is 15.9. The van der Waals surface area contributed by atoms with Gasteiger partial charge in [-0.05, 0) is 41.5 Å². The second-order valence-corrected chi connectivity index (χ2v) is 11.1. The Morgan fingerprint density at radius 3 is 2.55 bits per heavy atom. The minimum absolute atomic E-state index is 0.0315. The van der Waals surface area contributed by atoms with Gasteiger partial charge in [0, 0.05) is 24.1 Å². The van der Waals surface area contributed by atoms with Crippen molar-refractivity contribution in [2.24, 2.45) is 19.2 Å². The predicted octanol–water partition coefficient (Wildman–Crippen LogP) is 3.78. The van der Waals surface area contributed by atoms with Crippen LogP contribution in [0, 0.1) is 0 Å². The number of fused-ring (bicyclic) bond motifs is 1. The van der Waals surface area contributed by atoms with Gasteiger partial charge in [-0.2, -0.15) is 15.1 Å². The van der Waals surface area contributed by atoms with E-state index in [1.165, 1.54) is 48.8 Å². The van der Waals surface area contributed by atoms with Crippen molar-refractivity contribution >= 4 is 74.8 Å². The van der Waals surface area contributed by atoms with E-state index in [-0.39, 0.29) is 41.1 Å². The van der Waals surface area contributed by atoms with E-state index in [0.717, 1.165) is 4.57 Å². The summed E-state index contributed by atoms with van der Waals surface area (Å²) >= 11 is 18.9. The number of aromatic nitrogens is 4. The Morgan fingerprint density at radius 2 is 1.88 bits per heavy atom. The molecule has 2 aromatic heterocycles. The Labute approximate surface area is 246 Å². The third-order valence-corrected chi connectivity index (χ3v) is 8.02. The maximum absolute atomic E-state index is 13.2. The molecule has 15 heteroatoms. The molecule has 0 aliphatic carbocycles. The van der Waals surface area contributed by atoms with Gasteiger partial charge >= 0.3 is 11.7 Å². The third kappa shape index (κ3) is 5.12. The molecule has 11 nitrogen and oxygen atoms in total. The average molecular weight is 620 g/mol. The number of aryl methyl sites for hydroxylation is 1. The molecule has 0 unspecified atom stereocenters. The van der Waals surface area contributed by atoms with Crippen LogP contribution in [-0.4, -0.2) is 53.0 Å². The van der Waals surface area contributed by atoms with Crippen molar-refractivity contribution in [3.8, 4) is 17.5 Å². The van der Waals surface area contributed by atoms with Gasteiger partial charge in [0.05, 0.1) is 25.6 Å². The highest BCUT2D eigenvalue weighted by Crippen LogP contribution is 2.34. The molecular weight excluding hydrogens is 599 g/mol. The van der Waals surface area contributed by atoms with Crippen LogP contribution in [0.3, 0.4) is 0 Å². The normalized spacial score (nSPS) is 13.7. The average Bonchev–Trinajstić information content (AvgIpc) is 3.45. The van der Waals surface area contributed by atoms with E-state index in [2.05, 4.69) is 10.1 Å². The summed E-state index contributed by atoms with van der Waals surface area (Å²) in [4.78, 5) is 42.3. The number of benzene rings is 2. The Balaban J connectivity index is 1.58. The molecule has 0 atom stereocenters. The van der Waals surface area contributed by atoms with Crippen molar-refractivity contribution in [1.29, 1.82) is 0 Å². The van der Waals surface area contributed by atoms with Gasteiger partial charge in [0.1, 0.15) is 0 Å². The number of thiocarbonyl (C=S) groups is 1. The fourth-order valence-electron chi connectivity index (χ4n) is 4.00. The SMILES string of the molecule is COc1cc(C=NN2C(=O)CSC2=S)ccc1Oc1nc2c(c(=O)n(C)c(=O)n2C)n1Cc1ccc(Cl)cc1Cl. The first-order valence-corrected chi connectivity index (χ1v) is 13.7. The largest absolute Gasteiger partial charge is 0.493 e. The lowest BCUT2D eigenvalue weighted by Crippen LogP contribution is -2.37. The molecule has 40 heavy (non-hydrogen) atoms. The summed E-state index contributed by atoms with van der Waals surface area (Å²) in [7, 11) is 4.38. The molecule has 0 bridgehead atoms. The number of halogens is 2. The van der Waals surface area contributed by atoms with Gasteiger partial charge in [-0.1, -0.05) is 53.2 Å². The van der Waals surface area contributed by atoms with E-state index in [1.54, 1.807) is 41.0 Å². The standard InChI is InChI=1S/C25H20Cl2N6O5S2/c1-30-21-20(22(35)31(2)24(30)36)32(11-14-5-6-15(26)9-16(14)27)23(29-21)38-17-7-4-13(8-18(17)37-3)10-28-33-19(34)12-40-25(33)39/h4-10H,11-12H2,1-3H3. The summed E-state index contributed by atoms with van der Waals surface area (Å²) in [5.74, 6) is 0.670. The number of amides is 1. The fraction of sp³-hybridized carbons (Fsp3) is 0.200. The number of hydrazone groups is 1. The number of carbonyl (C=O) groups is 1. The zero-order valence-electron chi connectivity index (χ0n) is 21.3. The molecular formula is C25H20Cl2N6O5S2. The van der Waals surface area contributed by atoms with Crippen LogP contribution in [-0.2, 0) is 25.4 Å². The van der Waals surface area contributed by atoms with Crippen LogP contribution in [0.4, 0.5) is 0 Å². The number of methoxy groups -OCH3 is 1. The van der Waals surface area contributed by atoms with Crippen molar-refractivity contribution in [3.63, 3.8) is 0 Å². The Kier molecular flexibility index (Phi) is 7.73. The highest BCUT2D eigenvalue weighted by Gasteiger charge is 2.26. The van der Waals surface area contributed by atoms with Gasteiger partial charge in [0.25, 0.3) is 11.5 Å². The first kappa shape index (κ1) is 27.9. The second-order valence-electron chi connectivity index (χ2n) is 8.61. The number of nitrogens with zero attached hydrogens (tertiary/aromatic N) is 6. The number of hydrogen-bond acceptors (Lipinski definition) is 9. The van der Waals surface area contributed by atoms with Crippen molar-refractivity contribution in [3.05, 3.63) is 78.4 Å². The number of thioether (sulfide) groups is 1. The van der Waals surface area contributed by atoms with Crippen molar-refractivity contribution < 1.29 is 14.3 Å². The van der Waals surface area contributed by atoms with Gasteiger partial charge in [0.2, 0.25) is 0 Å². The molecule has 206 valence electrons. The summed E-state index contributed by atoms with van der Waals surface area (Å²) in [6, 6.07) is 10.0. The maximum Gasteiger partial charge on any atom is 0.332 e. The van der Waals surface area contributed by atoms with Crippen molar-refractivity contribution in [2.75, 3.05) is 12.9 Å². The minimum Gasteiger partial charge on any atom is -0.493 e. The van der Waals surface area contributed by atoms with Gasteiger partial charge in [-0.15, -0.1) is 0 Å². The molecule has 3 heterocycles. The molecule has 5 rings (SSSR count). The van der Waals surface area contributed by atoms with Crippen LogP contribution in [0.2, 0.25) is 10.0 Å². The summed E-state index contributed by atoms with van der Waals surface area (Å²) in [5.41, 5.74) is 0.481. The predicted molar refractivity (Wildman–Crippen MR) is 158 cm³/mol. The smallest absolute Gasteiger partial charge is 0.332 e. The molecule has 1 fully saturated rings.